The van der Waals surface area contributed by atoms with Gasteiger partial charge in [-0.3, -0.25) is 9.79 Å². The van der Waals surface area contributed by atoms with Crippen molar-refractivity contribution < 1.29 is 13.6 Å². The van der Waals surface area contributed by atoms with Crippen molar-refractivity contribution in [3.05, 3.63) is 35.4 Å². The van der Waals surface area contributed by atoms with Crippen molar-refractivity contribution in [3.63, 3.8) is 0 Å². The molecule has 0 spiro atoms. The number of hydrogen-bond donors (Lipinski definition) is 1. The highest BCUT2D eigenvalue weighted by atomic mass is 127. The number of likely N-dealkylation sites (N-methyl/N-ethyl adjacent to an activating group) is 3. The van der Waals surface area contributed by atoms with Gasteiger partial charge in [-0.15, -0.1) is 24.0 Å². The highest BCUT2D eigenvalue weighted by molar-refractivity contribution is 14.0. The lowest BCUT2D eigenvalue weighted by atomic mass is 10.0. The molecule has 1 unspecified atom stereocenters. The first-order valence-electron chi connectivity index (χ1n) is 9.64. The molecule has 0 radical (unpaired) electrons. The van der Waals surface area contributed by atoms with Crippen molar-refractivity contribution in [2.45, 2.75) is 26.8 Å². The maximum Gasteiger partial charge on any atom is 0.242 e. The summed E-state index contributed by atoms with van der Waals surface area (Å²) in [5.41, 5.74) is -0.00558. The molecular formula is C20H34F2IN5O. The second-order valence-corrected chi connectivity index (χ2v) is 6.73. The molecule has 0 heterocycles. The molecular weight excluding hydrogens is 491 g/mol. The van der Waals surface area contributed by atoms with E-state index in [9.17, 15) is 13.6 Å². The predicted octanol–water partition coefficient (Wildman–Crippen LogP) is 2.95. The number of carbonyl (C=O) groups is 1. The normalized spacial score (nSPS) is 12.4. The molecule has 29 heavy (non-hydrogen) atoms. The van der Waals surface area contributed by atoms with E-state index in [4.69, 9.17) is 0 Å². The van der Waals surface area contributed by atoms with Crippen molar-refractivity contribution in [1.29, 1.82) is 0 Å². The number of aliphatic imine (C=N–C) groups is 1. The zero-order valence-electron chi connectivity index (χ0n) is 18.2. The van der Waals surface area contributed by atoms with Gasteiger partial charge >= 0.3 is 0 Å². The third-order valence-electron chi connectivity index (χ3n) is 4.56. The van der Waals surface area contributed by atoms with Crippen LogP contribution in [0.1, 0.15) is 32.4 Å². The summed E-state index contributed by atoms with van der Waals surface area (Å²) in [6.07, 6.45) is 0. The summed E-state index contributed by atoms with van der Waals surface area (Å²) in [4.78, 5) is 22.1. The van der Waals surface area contributed by atoms with Crippen LogP contribution in [0.2, 0.25) is 0 Å². The topological polar surface area (TPSA) is 51.2 Å². The van der Waals surface area contributed by atoms with Crippen molar-refractivity contribution in [1.82, 2.24) is 20.0 Å². The molecule has 1 amide bonds. The van der Waals surface area contributed by atoms with E-state index >= 15 is 0 Å². The second kappa shape index (κ2) is 13.7. The third kappa shape index (κ3) is 8.04. The maximum absolute atomic E-state index is 14.2. The molecule has 1 aromatic carbocycles. The van der Waals surface area contributed by atoms with Crippen LogP contribution in [0.25, 0.3) is 0 Å². The van der Waals surface area contributed by atoms with Crippen LogP contribution in [0.15, 0.2) is 23.2 Å². The summed E-state index contributed by atoms with van der Waals surface area (Å²) >= 11 is 0. The number of hydrogen-bond acceptors (Lipinski definition) is 3. The molecule has 0 saturated carbocycles. The molecule has 0 aliphatic carbocycles. The van der Waals surface area contributed by atoms with Crippen LogP contribution < -0.4 is 5.32 Å². The van der Waals surface area contributed by atoms with Crippen LogP contribution in [0.3, 0.4) is 0 Å². The Morgan fingerprint density at radius 1 is 1.10 bits per heavy atom. The number of nitrogens with one attached hydrogen (secondary N) is 1. The van der Waals surface area contributed by atoms with Crippen LogP contribution in [-0.2, 0) is 4.79 Å². The largest absolute Gasteiger partial charge is 0.357 e. The Bertz CT molecular complexity index is 648. The average Bonchev–Trinajstić information content (AvgIpc) is 2.63. The number of carbonyl (C=O) groups excluding carboxylic acids is 1. The van der Waals surface area contributed by atoms with E-state index in [2.05, 4.69) is 10.3 Å². The summed E-state index contributed by atoms with van der Waals surface area (Å²) in [5, 5.41) is 3.14. The minimum absolute atomic E-state index is 0. The lowest BCUT2D eigenvalue weighted by molar-refractivity contribution is -0.131. The first-order valence-corrected chi connectivity index (χ1v) is 9.64. The fourth-order valence-corrected chi connectivity index (χ4v) is 2.94. The van der Waals surface area contributed by atoms with E-state index in [1.165, 1.54) is 18.2 Å². The third-order valence-corrected chi connectivity index (χ3v) is 4.56. The van der Waals surface area contributed by atoms with Crippen LogP contribution in [0.5, 0.6) is 0 Å². The first kappa shape index (κ1) is 27.5. The second-order valence-electron chi connectivity index (χ2n) is 6.73. The summed E-state index contributed by atoms with van der Waals surface area (Å²) in [6.45, 7) is 8.03. The van der Waals surface area contributed by atoms with Crippen LogP contribution >= 0.6 is 24.0 Å². The van der Waals surface area contributed by atoms with Gasteiger partial charge < -0.3 is 20.0 Å². The van der Waals surface area contributed by atoms with Gasteiger partial charge in [0, 0.05) is 32.2 Å². The lowest BCUT2D eigenvalue weighted by Crippen LogP contribution is -2.46. The number of amides is 1. The molecule has 0 aromatic heterocycles. The number of benzene rings is 1. The fourth-order valence-electron chi connectivity index (χ4n) is 2.94. The van der Waals surface area contributed by atoms with E-state index in [1.54, 1.807) is 35.8 Å². The van der Waals surface area contributed by atoms with E-state index in [0.29, 0.717) is 25.6 Å². The Hall–Kier alpha value is -1.49. The predicted molar refractivity (Wildman–Crippen MR) is 125 cm³/mol. The summed E-state index contributed by atoms with van der Waals surface area (Å²) in [5.74, 6) is -0.665. The minimum Gasteiger partial charge on any atom is -0.357 e. The zero-order chi connectivity index (χ0) is 21.3. The Morgan fingerprint density at radius 2 is 1.66 bits per heavy atom. The number of rotatable bonds is 9. The van der Waals surface area contributed by atoms with Crippen molar-refractivity contribution in [3.8, 4) is 0 Å². The minimum atomic E-state index is -0.594. The number of halogens is 3. The van der Waals surface area contributed by atoms with Crippen molar-refractivity contribution in [2.24, 2.45) is 4.99 Å². The Morgan fingerprint density at radius 3 is 2.10 bits per heavy atom. The van der Waals surface area contributed by atoms with Gasteiger partial charge in [-0.25, -0.2) is 8.78 Å². The van der Waals surface area contributed by atoms with Gasteiger partial charge in [0.1, 0.15) is 11.6 Å². The van der Waals surface area contributed by atoms with Gasteiger partial charge in [-0.05, 0) is 47.0 Å². The summed E-state index contributed by atoms with van der Waals surface area (Å²) in [6, 6.07) is 3.28. The molecule has 0 fully saturated rings. The fraction of sp³-hybridized carbons (Fsp3) is 0.600. The molecule has 0 saturated heterocycles. The van der Waals surface area contributed by atoms with E-state index in [1.807, 2.05) is 20.8 Å². The van der Waals surface area contributed by atoms with Gasteiger partial charge in [-0.2, -0.15) is 0 Å². The van der Waals surface area contributed by atoms with Gasteiger partial charge in [0.25, 0.3) is 0 Å². The Labute approximate surface area is 190 Å². The van der Waals surface area contributed by atoms with Gasteiger partial charge in [0.15, 0.2) is 5.96 Å². The summed E-state index contributed by atoms with van der Waals surface area (Å²) in [7, 11) is 5.29. The molecule has 1 N–H and O–H groups in total. The van der Waals surface area contributed by atoms with E-state index < -0.39 is 17.7 Å². The molecule has 1 rings (SSSR count). The lowest BCUT2D eigenvalue weighted by Gasteiger charge is -2.27. The molecule has 166 valence electrons. The standard InChI is InChI=1S/C20H33F2N5O.HI/c1-7-23-20(26(6)14-18(28)27(8-2)9-3)24-13-17(25(4)5)19-15(21)11-10-12-16(19)22;/h10-12,17H,7-9,13-14H2,1-6H3,(H,23,24);1H. The van der Waals surface area contributed by atoms with Crippen LogP contribution in [-0.4, -0.2) is 80.4 Å². The zero-order valence-corrected chi connectivity index (χ0v) is 20.5. The van der Waals surface area contributed by atoms with Gasteiger partial charge in [-0.1, -0.05) is 6.07 Å². The average molecular weight is 525 g/mol. The number of nitrogens with zero attached hydrogens (tertiary/aromatic N) is 4. The summed E-state index contributed by atoms with van der Waals surface area (Å²) < 4.78 is 28.5. The van der Waals surface area contributed by atoms with Gasteiger partial charge in [0.05, 0.1) is 19.1 Å². The van der Waals surface area contributed by atoms with E-state index in [0.717, 1.165) is 0 Å². The smallest absolute Gasteiger partial charge is 0.242 e. The van der Waals surface area contributed by atoms with Crippen molar-refractivity contribution >= 4 is 35.8 Å². The SMILES string of the molecule is CCNC(=NCC(c1c(F)cccc1F)N(C)C)N(C)CC(=O)N(CC)CC.I. The Balaban J connectivity index is 0.00000784. The number of guanidine groups is 1. The highest BCUT2D eigenvalue weighted by Crippen LogP contribution is 2.24. The Kier molecular flexibility index (Phi) is 13.0. The van der Waals surface area contributed by atoms with Crippen LogP contribution in [0, 0.1) is 11.6 Å². The molecule has 0 bridgehead atoms. The quantitative estimate of drug-likeness (QED) is 0.306. The van der Waals surface area contributed by atoms with Crippen molar-refractivity contribution in [2.75, 3.05) is 53.9 Å². The van der Waals surface area contributed by atoms with Gasteiger partial charge in [0.2, 0.25) is 5.91 Å². The highest BCUT2D eigenvalue weighted by Gasteiger charge is 2.23. The van der Waals surface area contributed by atoms with E-state index in [-0.39, 0.29) is 48.5 Å². The first-order chi connectivity index (χ1) is 13.3. The molecule has 9 heteroatoms. The molecule has 6 nitrogen and oxygen atoms in total. The monoisotopic (exact) mass is 525 g/mol. The molecule has 0 aliphatic heterocycles. The molecule has 1 atom stereocenters. The molecule has 0 aliphatic rings. The maximum atomic E-state index is 14.2. The van der Waals surface area contributed by atoms with Crippen LogP contribution in [0.4, 0.5) is 8.78 Å². The molecule has 1 aromatic rings.